The fourth-order valence-electron chi connectivity index (χ4n) is 2.38. The van der Waals surface area contributed by atoms with Gasteiger partial charge in [-0.25, -0.2) is 0 Å². The zero-order chi connectivity index (χ0) is 9.80. The van der Waals surface area contributed by atoms with Gasteiger partial charge < -0.3 is 9.64 Å². The normalized spacial score (nSPS) is 25.0. The zero-order valence-electron chi connectivity index (χ0n) is 8.71. The zero-order valence-corrected chi connectivity index (χ0v) is 8.71. The van der Waals surface area contributed by atoms with E-state index >= 15 is 0 Å². The molecule has 0 atom stereocenters. The van der Waals surface area contributed by atoms with E-state index in [-0.39, 0.29) is 0 Å². The first kappa shape index (κ1) is 9.97. The van der Waals surface area contributed by atoms with Crippen LogP contribution in [-0.4, -0.2) is 30.7 Å². The van der Waals surface area contributed by atoms with E-state index < -0.39 is 0 Å². The second kappa shape index (κ2) is 4.78. The molecule has 0 unspecified atom stereocenters. The van der Waals surface area contributed by atoms with Crippen molar-refractivity contribution in [1.82, 2.24) is 4.90 Å². The number of hydrogen-bond donors (Lipinski definition) is 0. The summed E-state index contributed by atoms with van der Waals surface area (Å²) in [6.07, 6.45) is 6.94. The van der Waals surface area contributed by atoms with Crippen LogP contribution < -0.4 is 0 Å². The van der Waals surface area contributed by atoms with Crippen molar-refractivity contribution in [3.8, 4) is 0 Å². The van der Waals surface area contributed by atoms with Crippen molar-refractivity contribution in [3.05, 3.63) is 0 Å². The predicted molar refractivity (Wildman–Crippen MR) is 53.7 cm³/mol. The van der Waals surface area contributed by atoms with E-state index in [9.17, 15) is 4.79 Å². The summed E-state index contributed by atoms with van der Waals surface area (Å²) in [6.45, 7) is 2.24. The second-order valence-corrected chi connectivity index (χ2v) is 4.33. The van der Waals surface area contributed by atoms with Crippen molar-refractivity contribution in [3.63, 3.8) is 0 Å². The Morgan fingerprint density at radius 2 is 1.93 bits per heavy atom. The van der Waals surface area contributed by atoms with Gasteiger partial charge in [-0.2, -0.15) is 0 Å². The van der Waals surface area contributed by atoms with E-state index in [1.807, 2.05) is 4.90 Å². The Hall–Kier alpha value is -0.570. The van der Waals surface area contributed by atoms with Gasteiger partial charge in [-0.15, -0.1) is 0 Å². The molecule has 3 nitrogen and oxygen atoms in total. The average molecular weight is 197 g/mol. The quantitative estimate of drug-likeness (QED) is 0.641. The largest absolute Gasteiger partial charge is 0.361 e. The lowest BCUT2D eigenvalue weighted by Gasteiger charge is -2.31. The topological polar surface area (TPSA) is 29.5 Å². The van der Waals surface area contributed by atoms with Gasteiger partial charge in [-0.05, 0) is 19.3 Å². The first-order valence-corrected chi connectivity index (χ1v) is 5.74. The van der Waals surface area contributed by atoms with Crippen molar-refractivity contribution < 1.29 is 9.53 Å². The van der Waals surface area contributed by atoms with Gasteiger partial charge in [-0.3, -0.25) is 4.79 Å². The Morgan fingerprint density at radius 3 is 2.57 bits per heavy atom. The third-order valence-corrected chi connectivity index (χ3v) is 3.23. The van der Waals surface area contributed by atoms with Crippen molar-refractivity contribution in [2.45, 2.75) is 38.5 Å². The van der Waals surface area contributed by atoms with Gasteiger partial charge in [0.25, 0.3) is 0 Å². The Balaban J connectivity index is 1.85. The van der Waals surface area contributed by atoms with Crippen LogP contribution >= 0.6 is 0 Å². The molecule has 0 spiro atoms. The fourth-order valence-corrected chi connectivity index (χ4v) is 2.38. The molecule has 0 aromatic rings. The molecule has 1 saturated heterocycles. The Kier molecular flexibility index (Phi) is 3.40. The molecular weight excluding hydrogens is 178 g/mol. The molecule has 1 aliphatic heterocycles. The molecule has 3 heteroatoms. The van der Waals surface area contributed by atoms with Crippen LogP contribution in [0, 0.1) is 5.92 Å². The summed E-state index contributed by atoms with van der Waals surface area (Å²) in [7, 11) is 0. The number of amides is 1. The first-order valence-electron chi connectivity index (χ1n) is 5.74. The van der Waals surface area contributed by atoms with Crippen molar-refractivity contribution in [2.24, 2.45) is 5.92 Å². The lowest BCUT2D eigenvalue weighted by atomic mass is 9.88. The van der Waals surface area contributed by atoms with E-state index in [0.29, 0.717) is 18.6 Å². The number of carbonyl (C=O) groups excluding carboxylic acids is 1. The summed E-state index contributed by atoms with van der Waals surface area (Å²) in [5.74, 6) is 0.634. The molecule has 0 aromatic heterocycles. The van der Waals surface area contributed by atoms with Crippen LogP contribution in [0.1, 0.15) is 38.5 Å². The van der Waals surface area contributed by atoms with E-state index in [4.69, 9.17) is 4.74 Å². The fraction of sp³-hybridized carbons (Fsp3) is 0.909. The molecule has 0 aromatic carbocycles. The summed E-state index contributed by atoms with van der Waals surface area (Å²) >= 11 is 0. The molecular formula is C11H19NO2. The van der Waals surface area contributed by atoms with Crippen LogP contribution in [0.25, 0.3) is 0 Å². The summed E-state index contributed by atoms with van der Waals surface area (Å²) in [6, 6.07) is 0. The van der Waals surface area contributed by atoms with Gasteiger partial charge >= 0.3 is 0 Å². The highest BCUT2D eigenvalue weighted by atomic mass is 16.5. The van der Waals surface area contributed by atoms with Crippen molar-refractivity contribution >= 4 is 5.91 Å². The van der Waals surface area contributed by atoms with E-state index in [1.54, 1.807) is 0 Å². The van der Waals surface area contributed by atoms with Gasteiger partial charge in [0, 0.05) is 12.5 Å². The number of nitrogens with zero attached hydrogens (tertiary/aromatic N) is 1. The standard InChI is InChI=1S/C11H19NO2/c13-11(10-5-2-1-3-6-10)12-7-4-8-14-9-12/h10H,1-9H2. The third-order valence-electron chi connectivity index (χ3n) is 3.23. The summed E-state index contributed by atoms with van der Waals surface area (Å²) < 4.78 is 5.30. The van der Waals surface area contributed by atoms with Gasteiger partial charge in [0.05, 0.1) is 6.61 Å². The smallest absolute Gasteiger partial charge is 0.227 e. The minimum absolute atomic E-state index is 0.297. The Labute approximate surface area is 85.4 Å². The minimum atomic E-state index is 0.297. The maximum Gasteiger partial charge on any atom is 0.227 e. The monoisotopic (exact) mass is 197 g/mol. The highest BCUT2D eigenvalue weighted by molar-refractivity contribution is 5.78. The van der Waals surface area contributed by atoms with E-state index in [0.717, 1.165) is 32.4 Å². The van der Waals surface area contributed by atoms with Crippen molar-refractivity contribution in [2.75, 3.05) is 19.9 Å². The number of ether oxygens (including phenoxy) is 1. The van der Waals surface area contributed by atoms with Crippen LogP contribution in [0.5, 0.6) is 0 Å². The maximum atomic E-state index is 12.0. The molecule has 1 aliphatic carbocycles. The minimum Gasteiger partial charge on any atom is -0.361 e. The molecule has 2 fully saturated rings. The second-order valence-electron chi connectivity index (χ2n) is 4.33. The lowest BCUT2D eigenvalue weighted by Crippen LogP contribution is -2.42. The first-order chi connectivity index (χ1) is 6.88. The number of rotatable bonds is 1. The SMILES string of the molecule is O=C(C1CCCCC1)N1CCCOC1. The van der Waals surface area contributed by atoms with Gasteiger partial charge in [-0.1, -0.05) is 19.3 Å². The van der Waals surface area contributed by atoms with Gasteiger partial charge in [0.1, 0.15) is 6.73 Å². The highest BCUT2D eigenvalue weighted by Gasteiger charge is 2.26. The third kappa shape index (κ3) is 2.27. The van der Waals surface area contributed by atoms with Crippen LogP contribution in [0.4, 0.5) is 0 Å². The molecule has 14 heavy (non-hydrogen) atoms. The van der Waals surface area contributed by atoms with Crippen LogP contribution in [0.3, 0.4) is 0 Å². The van der Waals surface area contributed by atoms with E-state index in [2.05, 4.69) is 0 Å². The maximum absolute atomic E-state index is 12.0. The molecule has 0 N–H and O–H groups in total. The molecule has 1 amide bonds. The van der Waals surface area contributed by atoms with Crippen LogP contribution in [-0.2, 0) is 9.53 Å². The molecule has 1 heterocycles. The molecule has 1 saturated carbocycles. The summed E-state index contributed by atoms with van der Waals surface area (Å²) in [5.41, 5.74) is 0. The molecule has 2 aliphatic rings. The van der Waals surface area contributed by atoms with Crippen LogP contribution in [0.2, 0.25) is 0 Å². The number of carbonyl (C=O) groups is 1. The summed E-state index contributed by atoms with van der Waals surface area (Å²) in [4.78, 5) is 13.9. The predicted octanol–water partition coefficient (Wildman–Crippen LogP) is 1.77. The average Bonchev–Trinajstić information content (AvgIpc) is 2.30. The Morgan fingerprint density at radius 1 is 1.14 bits per heavy atom. The lowest BCUT2D eigenvalue weighted by molar-refractivity contribution is -0.146. The Bertz CT molecular complexity index is 173. The number of hydrogen-bond acceptors (Lipinski definition) is 2. The summed E-state index contributed by atoms with van der Waals surface area (Å²) in [5, 5.41) is 0. The van der Waals surface area contributed by atoms with E-state index in [1.165, 1.54) is 19.3 Å². The van der Waals surface area contributed by atoms with Gasteiger partial charge in [0.15, 0.2) is 0 Å². The molecule has 0 bridgehead atoms. The molecule has 80 valence electrons. The molecule has 2 rings (SSSR count). The van der Waals surface area contributed by atoms with Crippen LogP contribution in [0.15, 0.2) is 0 Å². The highest BCUT2D eigenvalue weighted by Crippen LogP contribution is 2.25. The van der Waals surface area contributed by atoms with Gasteiger partial charge in [0.2, 0.25) is 5.91 Å². The molecule has 0 radical (unpaired) electrons. The van der Waals surface area contributed by atoms with Crippen molar-refractivity contribution in [1.29, 1.82) is 0 Å².